The Morgan fingerprint density at radius 1 is 0.812 bits per heavy atom. The van der Waals surface area contributed by atoms with Crippen molar-refractivity contribution >= 4 is 0 Å². The molecule has 0 spiro atoms. The Bertz CT molecular complexity index is 220. The zero-order valence-corrected chi connectivity index (χ0v) is 10.6. The van der Waals surface area contributed by atoms with Crippen LogP contribution >= 0.6 is 0 Å². The fourth-order valence-electron chi connectivity index (χ4n) is 4.55. The summed E-state index contributed by atoms with van der Waals surface area (Å²) in [5.74, 6) is 2.16. The molecule has 2 aliphatic carbocycles. The van der Waals surface area contributed by atoms with Crippen molar-refractivity contribution < 1.29 is 0 Å². The first-order valence-electron chi connectivity index (χ1n) is 7.60. The lowest BCUT2D eigenvalue weighted by Crippen LogP contribution is -2.57. The molecule has 1 saturated heterocycles. The number of hydrogen-bond donors (Lipinski definition) is 1. The topological polar surface area (TPSA) is 12.0 Å². The van der Waals surface area contributed by atoms with Crippen molar-refractivity contribution in [3.63, 3.8) is 0 Å². The Morgan fingerprint density at radius 2 is 1.44 bits per heavy atom. The Kier molecular flexibility index (Phi) is 3.24. The Labute approximate surface area is 100 Å². The van der Waals surface area contributed by atoms with Gasteiger partial charge in [-0.15, -0.1) is 0 Å². The second kappa shape index (κ2) is 4.68. The van der Waals surface area contributed by atoms with Crippen LogP contribution in [0.2, 0.25) is 0 Å². The Balaban J connectivity index is 1.60. The summed E-state index contributed by atoms with van der Waals surface area (Å²) in [5.41, 5.74) is 0.749. The standard InChI is InChI=1S/C15H27N/c1-2-6-13(7-3-1)10-15(11-16-12-15)14-8-4-5-9-14/h13-14,16H,1-12H2. The quantitative estimate of drug-likeness (QED) is 0.765. The molecule has 0 aromatic heterocycles. The van der Waals surface area contributed by atoms with E-state index >= 15 is 0 Å². The maximum Gasteiger partial charge on any atom is 0.00230 e. The lowest BCUT2D eigenvalue weighted by Gasteiger charge is -2.50. The monoisotopic (exact) mass is 221 g/mol. The summed E-state index contributed by atoms with van der Waals surface area (Å²) >= 11 is 0. The minimum Gasteiger partial charge on any atom is -0.316 e. The molecule has 1 nitrogen and oxygen atoms in total. The van der Waals surface area contributed by atoms with Crippen LogP contribution in [0.15, 0.2) is 0 Å². The van der Waals surface area contributed by atoms with Crippen LogP contribution in [0.25, 0.3) is 0 Å². The first kappa shape index (κ1) is 11.1. The van der Waals surface area contributed by atoms with Gasteiger partial charge < -0.3 is 5.32 Å². The van der Waals surface area contributed by atoms with Crippen LogP contribution in [-0.4, -0.2) is 13.1 Å². The molecule has 3 rings (SSSR count). The average Bonchev–Trinajstić information content (AvgIpc) is 2.78. The molecule has 0 aromatic rings. The molecular formula is C15H27N. The molecule has 0 amide bonds. The maximum absolute atomic E-state index is 3.57. The normalized spacial score (nSPS) is 31.5. The summed E-state index contributed by atoms with van der Waals surface area (Å²) in [6.07, 6.45) is 15.3. The summed E-state index contributed by atoms with van der Waals surface area (Å²) in [7, 11) is 0. The molecule has 1 heteroatoms. The first-order valence-corrected chi connectivity index (χ1v) is 7.60. The van der Waals surface area contributed by atoms with Crippen LogP contribution in [0, 0.1) is 17.3 Å². The minimum atomic E-state index is 0.749. The summed E-state index contributed by atoms with van der Waals surface area (Å²) in [5, 5.41) is 3.57. The zero-order chi connectivity index (χ0) is 10.8. The van der Waals surface area contributed by atoms with Crippen LogP contribution in [-0.2, 0) is 0 Å². The van der Waals surface area contributed by atoms with Gasteiger partial charge in [0.05, 0.1) is 0 Å². The van der Waals surface area contributed by atoms with Crippen molar-refractivity contribution in [2.75, 3.05) is 13.1 Å². The van der Waals surface area contributed by atoms with Crippen molar-refractivity contribution in [2.24, 2.45) is 17.3 Å². The van der Waals surface area contributed by atoms with Gasteiger partial charge in [-0.2, -0.15) is 0 Å². The summed E-state index contributed by atoms with van der Waals surface area (Å²) in [6, 6.07) is 0. The lowest BCUT2D eigenvalue weighted by atomic mass is 9.63. The van der Waals surface area contributed by atoms with Crippen molar-refractivity contribution in [1.82, 2.24) is 5.32 Å². The van der Waals surface area contributed by atoms with Crippen LogP contribution in [0.4, 0.5) is 0 Å². The van der Waals surface area contributed by atoms with E-state index in [-0.39, 0.29) is 0 Å². The molecule has 16 heavy (non-hydrogen) atoms. The Morgan fingerprint density at radius 3 is 2.00 bits per heavy atom. The Hall–Kier alpha value is -0.0400. The molecule has 0 aromatic carbocycles. The van der Waals surface area contributed by atoms with E-state index in [2.05, 4.69) is 5.32 Å². The van der Waals surface area contributed by atoms with Gasteiger partial charge in [0.1, 0.15) is 0 Å². The van der Waals surface area contributed by atoms with Crippen molar-refractivity contribution in [2.45, 2.75) is 64.2 Å². The number of rotatable bonds is 3. The van der Waals surface area contributed by atoms with E-state index in [0.29, 0.717) is 0 Å². The predicted molar refractivity (Wildman–Crippen MR) is 68.5 cm³/mol. The molecule has 0 atom stereocenters. The predicted octanol–water partition coefficient (Wildman–Crippen LogP) is 3.74. The van der Waals surface area contributed by atoms with Crippen LogP contribution in [0.3, 0.4) is 0 Å². The maximum atomic E-state index is 3.57. The molecular weight excluding hydrogens is 194 g/mol. The molecule has 0 radical (unpaired) electrons. The second-order valence-corrected chi connectivity index (χ2v) is 6.66. The molecule has 1 aliphatic heterocycles. The van der Waals surface area contributed by atoms with Crippen molar-refractivity contribution in [3.05, 3.63) is 0 Å². The van der Waals surface area contributed by atoms with Gasteiger partial charge in [0.25, 0.3) is 0 Å². The van der Waals surface area contributed by atoms with Crippen LogP contribution < -0.4 is 5.32 Å². The zero-order valence-electron chi connectivity index (χ0n) is 10.6. The molecule has 0 unspecified atom stereocenters. The second-order valence-electron chi connectivity index (χ2n) is 6.66. The highest BCUT2D eigenvalue weighted by Crippen LogP contribution is 2.48. The SMILES string of the molecule is C1CCC(CC2(C3CCCC3)CNC2)CC1. The third-order valence-electron chi connectivity index (χ3n) is 5.60. The van der Waals surface area contributed by atoms with Gasteiger partial charge in [0, 0.05) is 13.1 Å². The lowest BCUT2D eigenvalue weighted by molar-refractivity contribution is 0.0416. The molecule has 0 bridgehead atoms. The van der Waals surface area contributed by atoms with Gasteiger partial charge in [-0.1, -0.05) is 44.9 Å². The highest BCUT2D eigenvalue weighted by Gasteiger charge is 2.45. The van der Waals surface area contributed by atoms with Crippen molar-refractivity contribution in [3.8, 4) is 0 Å². The highest BCUT2D eigenvalue weighted by atomic mass is 15.0. The van der Waals surface area contributed by atoms with Gasteiger partial charge in [-0.25, -0.2) is 0 Å². The van der Waals surface area contributed by atoms with Crippen LogP contribution in [0.5, 0.6) is 0 Å². The van der Waals surface area contributed by atoms with E-state index in [9.17, 15) is 0 Å². The molecule has 92 valence electrons. The summed E-state index contributed by atoms with van der Waals surface area (Å²) < 4.78 is 0. The van der Waals surface area contributed by atoms with Gasteiger partial charge in [0.15, 0.2) is 0 Å². The highest BCUT2D eigenvalue weighted by molar-refractivity contribution is 5.00. The third-order valence-corrected chi connectivity index (χ3v) is 5.60. The molecule has 1 N–H and O–H groups in total. The van der Waals surface area contributed by atoms with E-state index in [0.717, 1.165) is 17.3 Å². The summed E-state index contributed by atoms with van der Waals surface area (Å²) in [4.78, 5) is 0. The van der Waals surface area contributed by atoms with E-state index in [1.54, 1.807) is 6.42 Å². The average molecular weight is 221 g/mol. The number of hydrogen-bond acceptors (Lipinski definition) is 1. The molecule has 3 aliphatic rings. The van der Waals surface area contributed by atoms with Gasteiger partial charge in [-0.05, 0) is 36.5 Å². The first-order chi connectivity index (χ1) is 7.89. The molecule has 1 heterocycles. The van der Waals surface area contributed by atoms with E-state index < -0.39 is 0 Å². The van der Waals surface area contributed by atoms with E-state index in [1.165, 1.54) is 70.9 Å². The van der Waals surface area contributed by atoms with Crippen LogP contribution in [0.1, 0.15) is 64.2 Å². The third kappa shape index (κ3) is 2.03. The fraction of sp³-hybridized carbons (Fsp3) is 1.00. The molecule has 3 fully saturated rings. The van der Waals surface area contributed by atoms with Gasteiger partial charge in [-0.3, -0.25) is 0 Å². The number of nitrogens with one attached hydrogen (secondary N) is 1. The van der Waals surface area contributed by atoms with E-state index in [1.807, 2.05) is 0 Å². The fourth-order valence-corrected chi connectivity index (χ4v) is 4.55. The smallest absolute Gasteiger partial charge is 0.00230 e. The summed E-state index contributed by atoms with van der Waals surface area (Å²) in [6.45, 7) is 2.68. The molecule has 2 saturated carbocycles. The minimum absolute atomic E-state index is 0.749. The van der Waals surface area contributed by atoms with Gasteiger partial charge >= 0.3 is 0 Å². The largest absolute Gasteiger partial charge is 0.316 e. The van der Waals surface area contributed by atoms with Gasteiger partial charge in [0.2, 0.25) is 0 Å². The van der Waals surface area contributed by atoms with Crippen molar-refractivity contribution in [1.29, 1.82) is 0 Å². The van der Waals surface area contributed by atoms with E-state index in [4.69, 9.17) is 0 Å².